The number of carboxylic acids is 1. The largest absolute Gasteiger partial charge is 0.481 e. The lowest BCUT2D eigenvalue weighted by molar-refractivity contribution is -0.139. The predicted octanol–water partition coefficient (Wildman–Crippen LogP) is 7.20. The Balaban J connectivity index is 0.00000148. The summed E-state index contributed by atoms with van der Waals surface area (Å²) in [6.45, 7) is 8.25. The molecule has 7 nitrogen and oxygen atoms in total. The minimum atomic E-state index is -1.08. The van der Waals surface area contributed by atoms with E-state index in [0.717, 1.165) is 18.4 Å². The van der Waals surface area contributed by atoms with Crippen molar-refractivity contribution in [3.8, 4) is 22.4 Å². The van der Waals surface area contributed by atoms with Crippen molar-refractivity contribution >= 4 is 17.6 Å². The van der Waals surface area contributed by atoms with Crippen LogP contribution in [-0.2, 0) is 11.3 Å². The average molecular weight is 577 g/mol. The molecule has 0 spiro atoms. The molecule has 0 aliphatic heterocycles. The maximum absolute atomic E-state index is 14.0. The van der Waals surface area contributed by atoms with Gasteiger partial charge < -0.3 is 25.2 Å². The number of para-hydroxylation sites is 1. The van der Waals surface area contributed by atoms with Crippen LogP contribution in [0.1, 0.15) is 62.5 Å². The normalized spacial score (nSPS) is 11.1. The minimum absolute atomic E-state index is 0.0974. The molecular weight excluding hydrogens is 535 g/mol. The Kier molecular flexibility index (Phi) is 13.6. The Labute approximate surface area is 247 Å². The molecule has 42 heavy (non-hydrogen) atoms. The summed E-state index contributed by atoms with van der Waals surface area (Å²) in [5, 5.41) is 29.5. The van der Waals surface area contributed by atoms with Crippen molar-refractivity contribution in [2.45, 2.75) is 59.1 Å². The smallest absolute Gasteiger partial charge is 0.305 e. The van der Waals surface area contributed by atoms with Gasteiger partial charge in [0.25, 0.3) is 5.91 Å². The number of amides is 1. The van der Waals surface area contributed by atoms with Crippen LogP contribution in [0.4, 0.5) is 10.1 Å². The monoisotopic (exact) mass is 576 g/mol. The van der Waals surface area contributed by atoms with Crippen LogP contribution in [0, 0.1) is 5.82 Å². The van der Waals surface area contributed by atoms with Crippen molar-refractivity contribution in [2.75, 3.05) is 12.4 Å². The first-order valence-electron chi connectivity index (χ1n) is 14.0. The molecule has 1 aromatic heterocycles. The molecule has 0 radical (unpaired) electrons. The van der Waals surface area contributed by atoms with E-state index in [1.165, 1.54) is 12.1 Å². The Morgan fingerprint density at radius 1 is 0.857 bits per heavy atom. The minimum Gasteiger partial charge on any atom is -0.481 e. The van der Waals surface area contributed by atoms with Crippen LogP contribution in [-0.4, -0.2) is 45.0 Å². The lowest BCUT2D eigenvalue weighted by Crippen LogP contribution is -2.19. The van der Waals surface area contributed by atoms with Gasteiger partial charge in [0.2, 0.25) is 0 Å². The van der Waals surface area contributed by atoms with Crippen molar-refractivity contribution < 1.29 is 29.3 Å². The number of halogens is 1. The van der Waals surface area contributed by atoms with Gasteiger partial charge in [-0.05, 0) is 59.9 Å². The van der Waals surface area contributed by atoms with E-state index in [-0.39, 0.29) is 37.0 Å². The van der Waals surface area contributed by atoms with Gasteiger partial charge in [-0.15, -0.1) is 0 Å². The molecule has 8 heteroatoms. The van der Waals surface area contributed by atoms with Crippen molar-refractivity contribution in [3.05, 3.63) is 102 Å². The topological polar surface area (TPSA) is 112 Å². The third kappa shape index (κ3) is 8.61. The zero-order valence-corrected chi connectivity index (χ0v) is 24.8. The third-order valence-electron chi connectivity index (χ3n) is 6.39. The number of carboxylic acid groups (broad SMARTS) is 1. The summed E-state index contributed by atoms with van der Waals surface area (Å²) in [4.78, 5) is 25.1. The van der Waals surface area contributed by atoms with Gasteiger partial charge in [0.15, 0.2) is 0 Å². The number of hydrogen-bond donors (Lipinski definition) is 4. The van der Waals surface area contributed by atoms with Gasteiger partial charge in [0.05, 0.1) is 23.8 Å². The van der Waals surface area contributed by atoms with Crippen molar-refractivity contribution in [2.24, 2.45) is 0 Å². The fourth-order valence-corrected chi connectivity index (χ4v) is 4.79. The summed E-state index contributed by atoms with van der Waals surface area (Å²) in [5.74, 6) is -1.84. The van der Waals surface area contributed by atoms with Crippen LogP contribution in [0.5, 0.6) is 0 Å². The number of nitrogens with one attached hydrogen (secondary N) is 1. The number of aromatic nitrogens is 1. The summed E-state index contributed by atoms with van der Waals surface area (Å²) in [7, 11) is 1.00. The maximum Gasteiger partial charge on any atom is 0.305 e. The molecule has 4 N–H and O–H groups in total. The number of hydrogen-bond acceptors (Lipinski definition) is 4. The molecule has 1 amide bonds. The van der Waals surface area contributed by atoms with Crippen molar-refractivity contribution in [1.29, 1.82) is 0 Å². The quantitative estimate of drug-likeness (QED) is 0.160. The first-order chi connectivity index (χ1) is 20.3. The number of aliphatic hydroxyl groups excluding tert-OH is 2. The predicted molar refractivity (Wildman–Crippen MR) is 166 cm³/mol. The second-order valence-electron chi connectivity index (χ2n) is 9.52. The van der Waals surface area contributed by atoms with Crippen molar-refractivity contribution in [1.82, 2.24) is 4.57 Å². The number of benzene rings is 3. The fraction of sp³-hybridized carbons (Fsp3) is 0.294. The number of rotatable bonds is 10. The van der Waals surface area contributed by atoms with E-state index in [9.17, 15) is 19.1 Å². The van der Waals surface area contributed by atoms with Crippen LogP contribution >= 0.6 is 0 Å². The van der Waals surface area contributed by atoms with E-state index in [1.807, 2.05) is 92.9 Å². The van der Waals surface area contributed by atoms with Gasteiger partial charge in [-0.3, -0.25) is 9.59 Å². The molecule has 0 saturated carbocycles. The second-order valence-corrected chi connectivity index (χ2v) is 9.52. The number of aliphatic carboxylic acids is 1. The van der Waals surface area contributed by atoms with Gasteiger partial charge >= 0.3 is 5.97 Å². The van der Waals surface area contributed by atoms with E-state index in [4.69, 9.17) is 10.2 Å². The first kappa shape index (κ1) is 33.9. The summed E-state index contributed by atoms with van der Waals surface area (Å²) in [5.41, 5.74) is 4.82. The zero-order chi connectivity index (χ0) is 31.2. The van der Waals surface area contributed by atoms with Crippen LogP contribution in [0.15, 0.2) is 84.9 Å². The molecule has 0 aliphatic rings. The van der Waals surface area contributed by atoms with Gasteiger partial charge in [0.1, 0.15) is 5.82 Å². The van der Waals surface area contributed by atoms with E-state index >= 15 is 0 Å². The maximum atomic E-state index is 14.0. The molecule has 4 aromatic rings. The van der Waals surface area contributed by atoms with E-state index in [2.05, 4.69) is 5.32 Å². The van der Waals surface area contributed by atoms with Gasteiger partial charge in [-0.2, -0.15) is 0 Å². The van der Waals surface area contributed by atoms with Gasteiger partial charge in [-0.25, -0.2) is 4.39 Å². The summed E-state index contributed by atoms with van der Waals surface area (Å²) >= 11 is 0. The highest BCUT2D eigenvalue weighted by molar-refractivity contribution is 6.12. The number of carbonyl (C=O) groups excluding carboxylic acids is 1. The molecular formula is C34H41FN2O5. The number of nitrogens with zero attached hydrogens (tertiary/aromatic N) is 1. The molecule has 0 fully saturated rings. The average Bonchev–Trinajstić information content (AvgIpc) is 3.35. The Bertz CT molecular complexity index is 1400. The molecule has 1 heterocycles. The molecule has 1 atom stereocenters. The molecule has 3 aromatic carbocycles. The second kappa shape index (κ2) is 16.9. The number of carbonyl (C=O) groups is 2. The highest BCUT2D eigenvalue weighted by atomic mass is 19.1. The van der Waals surface area contributed by atoms with Crippen LogP contribution in [0.25, 0.3) is 22.4 Å². The standard InChI is InChI=1S/C31H31FN2O4.C2H6.CH4O/c1-20(2)29-28(31(38)33-24-11-7-4-8-12-24)27(21-9-5-3-6-10-21)30(22-13-15-23(32)16-14-22)34(29)18-17-25(35)19-26(36)37;2*1-2/h3-16,20,25,35H,17-19H2,1-2H3,(H,33,38)(H,36,37);1-2H3;2H,1H3. The highest BCUT2D eigenvalue weighted by Crippen LogP contribution is 2.42. The molecule has 0 saturated heterocycles. The highest BCUT2D eigenvalue weighted by Gasteiger charge is 2.30. The Morgan fingerprint density at radius 2 is 1.40 bits per heavy atom. The Hall–Kier alpha value is -4.27. The summed E-state index contributed by atoms with van der Waals surface area (Å²) in [6, 6.07) is 24.8. The van der Waals surface area contributed by atoms with Crippen LogP contribution < -0.4 is 5.32 Å². The molecule has 0 bridgehead atoms. The fourth-order valence-electron chi connectivity index (χ4n) is 4.79. The molecule has 4 rings (SSSR count). The zero-order valence-electron chi connectivity index (χ0n) is 24.8. The van der Waals surface area contributed by atoms with E-state index < -0.39 is 12.1 Å². The van der Waals surface area contributed by atoms with Gasteiger partial charge in [0, 0.05) is 30.6 Å². The molecule has 0 aliphatic carbocycles. The first-order valence-corrected chi connectivity index (χ1v) is 14.0. The van der Waals surface area contributed by atoms with E-state index in [1.54, 1.807) is 12.1 Å². The van der Waals surface area contributed by atoms with Crippen LogP contribution in [0.3, 0.4) is 0 Å². The Morgan fingerprint density at radius 3 is 1.93 bits per heavy atom. The van der Waals surface area contributed by atoms with Crippen molar-refractivity contribution in [3.63, 3.8) is 0 Å². The summed E-state index contributed by atoms with van der Waals surface area (Å²) in [6.07, 6.45) is -1.27. The lowest BCUT2D eigenvalue weighted by Gasteiger charge is -2.18. The lowest BCUT2D eigenvalue weighted by atomic mass is 9.94. The van der Waals surface area contributed by atoms with Gasteiger partial charge in [-0.1, -0.05) is 76.2 Å². The molecule has 1 unspecified atom stereocenters. The number of aliphatic hydroxyl groups is 2. The van der Waals surface area contributed by atoms with Crippen LogP contribution in [0.2, 0.25) is 0 Å². The molecule has 224 valence electrons. The SMILES string of the molecule is CC.CC(C)c1c(C(=O)Nc2ccccc2)c(-c2ccccc2)c(-c2ccc(F)cc2)n1CCC(O)CC(=O)O.CO. The van der Waals surface area contributed by atoms with E-state index in [0.29, 0.717) is 28.1 Å². The number of anilines is 1. The third-order valence-corrected chi connectivity index (χ3v) is 6.39. The summed E-state index contributed by atoms with van der Waals surface area (Å²) < 4.78 is 15.9.